The van der Waals surface area contributed by atoms with Crippen LogP contribution in [0.4, 0.5) is 0 Å². The third kappa shape index (κ3) is 3.74. The Morgan fingerprint density at radius 1 is 1.61 bits per heavy atom. The molecule has 18 heavy (non-hydrogen) atoms. The first kappa shape index (κ1) is 13.9. The maximum atomic E-state index is 7.33. The fraction of sp³-hybridized carbons (Fsp3) is 0.250. The Morgan fingerprint density at radius 3 is 3.22 bits per heavy atom. The van der Waals surface area contributed by atoms with Crippen molar-refractivity contribution >= 4 is 32.4 Å². The predicted octanol–water partition coefficient (Wildman–Crippen LogP) is -1.18. The van der Waals surface area contributed by atoms with Gasteiger partial charge in [0.25, 0.3) is 0 Å². The van der Waals surface area contributed by atoms with Crippen LogP contribution in [0, 0.1) is 5.41 Å². The van der Waals surface area contributed by atoms with E-state index in [0.717, 1.165) is 11.4 Å². The fourth-order valence-electron chi connectivity index (χ4n) is 1.62. The summed E-state index contributed by atoms with van der Waals surface area (Å²) in [6.07, 6.45) is 8.01. The van der Waals surface area contributed by atoms with Gasteiger partial charge < -0.3 is 0 Å². The summed E-state index contributed by atoms with van der Waals surface area (Å²) in [6, 6.07) is 0.0864. The van der Waals surface area contributed by atoms with Gasteiger partial charge in [0.1, 0.15) is 0 Å². The molecule has 1 aliphatic heterocycles. The Kier molecular flexibility index (Phi) is 5.10. The number of hydrogen-bond donors (Lipinski definition) is 3. The summed E-state index contributed by atoms with van der Waals surface area (Å²) in [5, 5.41) is 10.7. The van der Waals surface area contributed by atoms with Crippen molar-refractivity contribution in [2.24, 2.45) is 10.7 Å². The van der Waals surface area contributed by atoms with Crippen molar-refractivity contribution in [2.75, 3.05) is 0 Å². The number of nitrogens with two attached hydrogens (primary N) is 1. The van der Waals surface area contributed by atoms with E-state index in [9.17, 15) is 0 Å². The van der Waals surface area contributed by atoms with Crippen LogP contribution in [0.25, 0.3) is 0 Å². The molecule has 98 valence electrons. The number of nitrogens with zero attached hydrogens (tertiary/aromatic N) is 1. The van der Waals surface area contributed by atoms with E-state index < -0.39 is 0 Å². The Hall–Kier alpha value is -0.510. The Labute approximate surface area is 123 Å². The second kappa shape index (κ2) is 6.60. The molecular formula is C12H15I2N4-. The molecule has 6 heteroatoms. The van der Waals surface area contributed by atoms with Gasteiger partial charge in [0, 0.05) is 0 Å². The second-order valence-electron chi connectivity index (χ2n) is 3.87. The van der Waals surface area contributed by atoms with Gasteiger partial charge in [0.05, 0.1) is 0 Å². The van der Waals surface area contributed by atoms with Gasteiger partial charge >= 0.3 is 124 Å². The number of halogens is 2. The van der Waals surface area contributed by atoms with Crippen LogP contribution in [0.3, 0.4) is 0 Å². The molecule has 0 amide bonds. The molecule has 4 N–H and O–H groups in total. The van der Waals surface area contributed by atoms with Gasteiger partial charge in [-0.25, -0.2) is 0 Å². The van der Waals surface area contributed by atoms with Gasteiger partial charge in [0.2, 0.25) is 0 Å². The molecule has 2 aliphatic rings. The average molecular weight is 469 g/mol. The summed E-state index contributed by atoms with van der Waals surface area (Å²) in [5.74, 6) is 0.948. The van der Waals surface area contributed by atoms with E-state index in [4.69, 9.17) is 16.1 Å². The van der Waals surface area contributed by atoms with E-state index in [0.29, 0.717) is 12.1 Å². The van der Waals surface area contributed by atoms with Crippen LogP contribution in [0.5, 0.6) is 0 Å². The molecule has 0 saturated carbocycles. The quantitative estimate of drug-likeness (QED) is 0.352. The number of amidine groups is 1. The van der Waals surface area contributed by atoms with Gasteiger partial charge in [-0.2, -0.15) is 0 Å². The number of hydrogen-bond acceptors (Lipinski definition) is 3. The molecule has 0 aromatic rings. The topological polar surface area (TPSA) is 74.3 Å². The van der Waals surface area contributed by atoms with Gasteiger partial charge in [-0.05, 0) is 0 Å². The van der Waals surface area contributed by atoms with Gasteiger partial charge in [0.15, 0.2) is 0 Å². The van der Waals surface area contributed by atoms with Crippen molar-refractivity contribution in [1.82, 2.24) is 5.32 Å². The van der Waals surface area contributed by atoms with Crippen molar-refractivity contribution < 1.29 is 17.2 Å². The van der Waals surface area contributed by atoms with E-state index in [2.05, 4.69) is 22.4 Å². The molecule has 0 spiro atoms. The van der Waals surface area contributed by atoms with Crippen LogP contribution in [-0.2, 0) is 0 Å². The van der Waals surface area contributed by atoms with Gasteiger partial charge in [-0.15, -0.1) is 0 Å². The molecule has 0 fully saturated rings. The molecule has 0 aromatic heterocycles. The second-order valence-corrected chi connectivity index (χ2v) is 13.0. The minimum atomic E-state index is 0.0864. The molecule has 1 unspecified atom stereocenters. The third-order valence-corrected chi connectivity index (χ3v) is 11.7. The first-order chi connectivity index (χ1) is 8.69. The molecular weight excluding hydrogens is 454 g/mol. The van der Waals surface area contributed by atoms with Crippen LogP contribution in [0.2, 0.25) is 0 Å². The van der Waals surface area contributed by atoms with Crippen molar-refractivity contribution in [1.29, 1.82) is 5.41 Å². The summed E-state index contributed by atoms with van der Waals surface area (Å²) in [6.45, 7) is 2.16. The van der Waals surface area contributed by atoms with Crippen molar-refractivity contribution in [3.63, 3.8) is 0 Å². The summed E-state index contributed by atoms with van der Waals surface area (Å²) >= 11 is 0.458. The van der Waals surface area contributed by atoms with E-state index >= 15 is 0 Å². The number of allylic oxidation sites excluding steroid dienone is 1. The number of nitrogens with one attached hydrogen (secondary N) is 2. The Morgan fingerprint density at radius 2 is 2.44 bits per heavy atom. The molecule has 1 atom stereocenters. The molecule has 1 aliphatic carbocycles. The molecule has 4 nitrogen and oxygen atoms in total. The third-order valence-electron chi connectivity index (χ3n) is 2.49. The average Bonchev–Trinajstić information content (AvgIpc) is 2.56. The first-order valence-corrected chi connectivity index (χ1v) is 14.1. The van der Waals surface area contributed by atoms with Crippen LogP contribution in [-0.4, -0.2) is 21.7 Å². The summed E-state index contributed by atoms with van der Waals surface area (Å²) in [7, 11) is 0. The molecule has 0 bridgehead atoms. The first-order valence-electron chi connectivity index (χ1n) is 5.49. The zero-order chi connectivity index (χ0) is 13.0. The van der Waals surface area contributed by atoms with Gasteiger partial charge in [-0.1, -0.05) is 0 Å². The minimum absolute atomic E-state index is 0.0864. The van der Waals surface area contributed by atoms with E-state index in [1.807, 2.05) is 12.2 Å². The summed E-state index contributed by atoms with van der Waals surface area (Å²) in [5.41, 5.74) is 7.35. The Balaban J connectivity index is 2.13. The molecule has 1 heterocycles. The normalized spacial score (nSPS) is 26.6. The molecule has 0 saturated heterocycles. The van der Waals surface area contributed by atoms with E-state index in [1.165, 1.54) is 9.85 Å². The molecule has 0 radical (unpaired) electrons. The standard InChI is InChI=1S/C12H15I2N4/c1-8-14-13-5-4-12(17-8)18-10-2-3-11(16)9(6-10)7-15/h2-5,7,10,15H,6,16H2,1H3,(H,17,18)/q-1. The summed E-state index contributed by atoms with van der Waals surface area (Å²) < 4.78 is 3.69. The van der Waals surface area contributed by atoms with E-state index in [-0.39, 0.29) is 40.0 Å². The molecule has 2 rings (SSSR count). The number of aliphatic imine (C=N–C) groups is 1. The monoisotopic (exact) mass is 469 g/mol. The zero-order valence-corrected chi connectivity index (χ0v) is 14.3. The van der Waals surface area contributed by atoms with Crippen molar-refractivity contribution in [3.05, 3.63) is 33.6 Å². The number of rotatable bonds is 2. The fourth-order valence-corrected chi connectivity index (χ4v) is 7.84. The zero-order valence-electron chi connectivity index (χ0n) is 9.95. The van der Waals surface area contributed by atoms with Crippen molar-refractivity contribution in [2.45, 2.75) is 19.4 Å². The summed E-state index contributed by atoms with van der Waals surface area (Å²) in [4.78, 5) is 4.69. The van der Waals surface area contributed by atoms with E-state index in [1.54, 1.807) is 0 Å². The predicted molar refractivity (Wildman–Crippen MR) is 82.0 cm³/mol. The maximum absolute atomic E-state index is 7.33. The van der Waals surface area contributed by atoms with Crippen LogP contribution < -0.4 is 28.3 Å². The van der Waals surface area contributed by atoms with Gasteiger partial charge in [-0.3, -0.25) is 0 Å². The van der Waals surface area contributed by atoms with Crippen LogP contribution in [0.15, 0.2) is 38.6 Å². The Bertz CT molecular complexity index is 500. The van der Waals surface area contributed by atoms with Crippen molar-refractivity contribution in [3.8, 4) is 0 Å². The van der Waals surface area contributed by atoms with Crippen LogP contribution in [0.1, 0.15) is 13.3 Å². The van der Waals surface area contributed by atoms with Crippen LogP contribution >= 0.6 is 16.8 Å². The molecule has 0 aromatic carbocycles. The SMILES string of the molecule is CC1=I[I-]C=CC(=NC2C=CC(N)=C(C=N)C2)N1.